The molecular formula is C99H74B2BrN9O7. The van der Waals surface area contributed by atoms with Crippen LogP contribution in [0.4, 0.5) is 0 Å². The van der Waals surface area contributed by atoms with E-state index in [0.717, 1.165) is 204 Å². The minimum atomic E-state index is -0.377. The Morgan fingerprint density at radius 1 is 0.254 bits per heavy atom. The van der Waals surface area contributed by atoms with E-state index in [-0.39, 0.29) is 36.6 Å². The summed E-state index contributed by atoms with van der Waals surface area (Å²) in [4.78, 5) is 15.4. The van der Waals surface area contributed by atoms with Gasteiger partial charge in [0.05, 0.1) is 106 Å². The van der Waals surface area contributed by atoms with Crippen LogP contribution in [0.1, 0.15) is 55.4 Å². The standard InChI is InChI=1S/C56H32N6O2.C25H14BrN3O.C18H28B2O4/c1-7-18-51-39(12-1)41-31-37(22-26-53(41)63-51)59-47-24-20-35(29-49(47)61-45-16-5-3-14-43(45)57-55(59)61)33-10-9-11-34(28-33)36-21-25-48-50(30-36)62-46-17-6-4-15-44(46)58-56(62)60(48)38-23-27-54-42(32-38)40-13-2-8-19-52(40)64-54;26-15-9-11-21-22(13-15)29-20-7-3-2-6-19(20)27-25(29)28(21)16-10-12-24-18(14-16)17-5-1-4-8-23(17)30-24;1-15(2)16(3,4)22-19(21-15)13-10-9-11-14(12-13)20-23-17(5,6)18(7,8)24-20/h1-32H;1-14H;9-12H,1-8H3. The van der Waals surface area contributed by atoms with Crippen LogP contribution >= 0.6 is 15.9 Å². The number of halogens is 1. The van der Waals surface area contributed by atoms with Crippen LogP contribution in [0.2, 0.25) is 0 Å². The average molecular weight is 1600 g/mol. The summed E-state index contributed by atoms with van der Waals surface area (Å²) < 4.78 is 57.7. The quantitative estimate of drug-likeness (QED) is 0.142. The smallest absolute Gasteiger partial charge is 0.456 e. The van der Waals surface area contributed by atoms with Crippen LogP contribution in [0.3, 0.4) is 0 Å². The van der Waals surface area contributed by atoms with Crippen LogP contribution in [0.15, 0.2) is 321 Å². The summed E-state index contributed by atoms with van der Waals surface area (Å²) in [5.41, 5.74) is 26.2. The van der Waals surface area contributed by atoms with Crippen LogP contribution in [0, 0.1) is 0 Å². The third-order valence-corrected chi connectivity index (χ3v) is 25.4. The number of nitrogens with zero attached hydrogens (tertiary/aromatic N) is 9. The molecule has 0 N–H and O–H groups in total. The van der Waals surface area contributed by atoms with E-state index in [1.807, 2.05) is 66.7 Å². The highest BCUT2D eigenvalue weighted by molar-refractivity contribution is 9.10. The number of benzene rings is 14. The lowest BCUT2D eigenvalue weighted by molar-refractivity contribution is 0.00578. The van der Waals surface area contributed by atoms with Gasteiger partial charge in [0.1, 0.15) is 33.5 Å². The van der Waals surface area contributed by atoms with Crippen LogP contribution < -0.4 is 10.9 Å². The molecule has 118 heavy (non-hydrogen) atoms. The molecule has 0 amide bonds. The SMILES string of the molecule is Brc1ccc2c(c1)n1c3ccccc3nc1n2-c1ccc2oc3ccccc3c2c1.CC1(C)OB(c2cccc(B3OC(C)(C)C(C)(C)O3)c2)OC1(C)C.c1cc(-c2ccc3c(c2)n2c4ccccc4nc2n3-c2ccc3oc4ccccc4c3c2)cc(-c2ccc3c(c2)n2c4ccccc4nc2n3-c2ccc3oc4ccccc4c3c2)c1. The van der Waals surface area contributed by atoms with Crippen molar-refractivity contribution in [3.8, 4) is 39.3 Å². The maximum atomic E-state index is 6.21. The Kier molecular flexibility index (Phi) is 15.4. The molecule has 2 saturated heterocycles. The Labute approximate surface area is 684 Å². The molecule has 0 spiro atoms. The van der Waals surface area contributed by atoms with Gasteiger partial charge >= 0.3 is 14.2 Å². The summed E-state index contributed by atoms with van der Waals surface area (Å²) >= 11 is 3.64. The lowest BCUT2D eigenvalue weighted by Crippen LogP contribution is -2.41. The van der Waals surface area contributed by atoms with Crippen molar-refractivity contribution in [2.45, 2.75) is 77.8 Å². The van der Waals surface area contributed by atoms with Gasteiger partial charge in [0, 0.05) is 36.8 Å². The number of furan rings is 3. The van der Waals surface area contributed by atoms with Gasteiger partial charge in [-0.3, -0.25) is 26.9 Å². The van der Waals surface area contributed by atoms with Gasteiger partial charge in [0.2, 0.25) is 17.3 Å². The third-order valence-electron chi connectivity index (χ3n) is 24.9. The van der Waals surface area contributed by atoms with Crippen molar-refractivity contribution < 1.29 is 31.9 Å². The predicted molar refractivity (Wildman–Crippen MR) is 480 cm³/mol. The maximum absolute atomic E-state index is 6.21. The lowest BCUT2D eigenvalue weighted by atomic mass is 9.72. The van der Waals surface area contributed by atoms with Crippen molar-refractivity contribution in [1.82, 2.24) is 41.9 Å². The molecule has 0 unspecified atom stereocenters. The first-order chi connectivity index (χ1) is 57.3. The van der Waals surface area contributed by atoms with Crippen molar-refractivity contribution in [2.75, 3.05) is 0 Å². The van der Waals surface area contributed by atoms with Gasteiger partial charge in [-0.25, -0.2) is 15.0 Å². The molecule has 25 rings (SSSR count). The summed E-state index contributed by atoms with van der Waals surface area (Å²) in [6.07, 6.45) is 0. The summed E-state index contributed by atoms with van der Waals surface area (Å²) in [6, 6.07) is 106. The highest BCUT2D eigenvalue weighted by atomic mass is 79.9. The molecule has 0 saturated carbocycles. The van der Waals surface area contributed by atoms with Crippen LogP contribution in [0.25, 0.3) is 189 Å². The zero-order chi connectivity index (χ0) is 79.4. The van der Waals surface area contributed by atoms with Gasteiger partial charge in [0.25, 0.3) is 0 Å². The normalized spacial score (nSPS) is 15.3. The minimum absolute atomic E-state index is 0.349. The van der Waals surface area contributed by atoms with E-state index in [4.69, 9.17) is 46.8 Å². The first-order valence-corrected chi connectivity index (χ1v) is 40.7. The summed E-state index contributed by atoms with van der Waals surface area (Å²) in [5.74, 6) is 2.63. The summed E-state index contributed by atoms with van der Waals surface area (Å²) in [6.45, 7) is 16.5. The fourth-order valence-corrected chi connectivity index (χ4v) is 17.9. The zero-order valence-electron chi connectivity index (χ0n) is 65.8. The van der Waals surface area contributed by atoms with Gasteiger partial charge in [0.15, 0.2) is 0 Å². The number of hydrogen-bond acceptors (Lipinski definition) is 10. The minimum Gasteiger partial charge on any atom is -0.456 e. The molecule has 0 aliphatic carbocycles. The van der Waals surface area contributed by atoms with Crippen molar-refractivity contribution >= 4 is 190 Å². The van der Waals surface area contributed by atoms with Crippen molar-refractivity contribution in [2.24, 2.45) is 0 Å². The van der Waals surface area contributed by atoms with Crippen LogP contribution in [-0.4, -0.2) is 78.5 Å². The molecule has 9 aromatic heterocycles. The van der Waals surface area contributed by atoms with Crippen LogP contribution in [-0.2, 0) is 18.6 Å². The monoisotopic (exact) mass is 1600 g/mol. The molecule has 23 aromatic rings. The molecule has 0 atom stereocenters. The van der Waals surface area contributed by atoms with Gasteiger partial charge in [-0.1, -0.05) is 162 Å². The second-order valence-electron chi connectivity index (χ2n) is 33.0. The molecule has 16 nitrogen and oxygen atoms in total. The maximum Gasteiger partial charge on any atom is 0.494 e. The van der Waals surface area contributed by atoms with Gasteiger partial charge in [-0.15, -0.1) is 0 Å². The molecule has 2 fully saturated rings. The number of rotatable bonds is 7. The number of hydrogen-bond donors (Lipinski definition) is 0. The highest BCUT2D eigenvalue weighted by Crippen LogP contribution is 2.43. The van der Waals surface area contributed by atoms with Crippen LogP contribution in [0.5, 0.6) is 0 Å². The molecule has 2 aliphatic rings. The summed E-state index contributed by atoms with van der Waals surface area (Å²) in [7, 11) is -0.755. The Bertz CT molecular complexity index is 7760. The Hall–Kier alpha value is -13.3. The predicted octanol–water partition coefficient (Wildman–Crippen LogP) is 23.7. The fraction of sp³-hybridized carbons (Fsp3) is 0.121. The largest absolute Gasteiger partial charge is 0.494 e. The van der Waals surface area contributed by atoms with Crippen molar-refractivity contribution in [1.29, 1.82) is 0 Å². The summed E-state index contributed by atoms with van der Waals surface area (Å²) in [5, 5.41) is 6.60. The fourth-order valence-electron chi connectivity index (χ4n) is 17.5. The molecule has 19 heteroatoms. The second-order valence-corrected chi connectivity index (χ2v) is 33.9. The first-order valence-electron chi connectivity index (χ1n) is 39.9. The molecule has 14 aromatic carbocycles. The number of aromatic nitrogens is 9. The van der Waals surface area contributed by atoms with Gasteiger partial charge < -0.3 is 31.9 Å². The molecule has 2 aliphatic heterocycles. The van der Waals surface area contributed by atoms with Gasteiger partial charge in [-0.05, 0) is 246 Å². The first kappa shape index (κ1) is 70.2. The van der Waals surface area contributed by atoms with E-state index in [9.17, 15) is 0 Å². The molecule has 0 radical (unpaired) electrons. The number of para-hydroxylation sites is 9. The van der Waals surface area contributed by atoms with E-state index in [1.54, 1.807) is 0 Å². The highest BCUT2D eigenvalue weighted by Gasteiger charge is 2.54. The molecule has 570 valence electrons. The van der Waals surface area contributed by atoms with E-state index in [0.29, 0.717) is 0 Å². The molecular weight excluding hydrogens is 1530 g/mol. The van der Waals surface area contributed by atoms with Gasteiger partial charge in [-0.2, -0.15) is 0 Å². The van der Waals surface area contributed by atoms with E-state index >= 15 is 0 Å². The lowest BCUT2D eigenvalue weighted by Gasteiger charge is -2.32. The topological polar surface area (TPSA) is 143 Å². The number of fused-ring (bicyclic) bond motifs is 24. The molecule has 11 heterocycles. The number of imidazole rings is 6. The van der Waals surface area contributed by atoms with E-state index in [2.05, 4.69) is 335 Å². The van der Waals surface area contributed by atoms with E-state index < -0.39 is 0 Å². The molecule has 0 bridgehead atoms. The average Bonchev–Trinajstić information content (AvgIpc) is 1.41. The van der Waals surface area contributed by atoms with Crippen molar-refractivity contribution in [3.63, 3.8) is 0 Å². The second kappa shape index (κ2) is 25.9. The Morgan fingerprint density at radius 3 is 0.949 bits per heavy atom. The van der Waals surface area contributed by atoms with E-state index in [1.165, 1.54) is 0 Å². The van der Waals surface area contributed by atoms with Crippen molar-refractivity contribution in [3.05, 3.63) is 308 Å². The Balaban J connectivity index is 0.000000124. The third kappa shape index (κ3) is 10.9. The Morgan fingerprint density at radius 2 is 0.568 bits per heavy atom. The zero-order valence-corrected chi connectivity index (χ0v) is 67.4.